The van der Waals surface area contributed by atoms with E-state index in [1.807, 2.05) is 0 Å². The van der Waals surface area contributed by atoms with Gasteiger partial charge in [-0.25, -0.2) is 0 Å². The van der Waals surface area contributed by atoms with E-state index in [-0.39, 0.29) is 51.9 Å². The predicted octanol–water partition coefficient (Wildman–Crippen LogP) is -1.52. The van der Waals surface area contributed by atoms with Gasteiger partial charge in [-0.15, -0.1) is 0 Å². The van der Waals surface area contributed by atoms with Crippen molar-refractivity contribution < 1.29 is 79.2 Å². The summed E-state index contributed by atoms with van der Waals surface area (Å²) in [5.74, 6) is -10.6. The summed E-state index contributed by atoms with van der Waals surface area (Å²) >= 11 is 0. The van der Waals surface area contributed by atoms with Crippen molar-refractivity contribution in [2.75, 3.05) is 52.4 Å². The Morgan fingerprint density at radius 1 is 0.333 bits per heavy atom. The summed E-state index contributed by atoms with van der Waals surface area (Å²) in [6.45, 7) is -4.37. The van der Waals surface area contributed by atoms with Crippen LogP contribution in [0.3, 0.4) is 0 Å². The van der Waals surface area contributed by atoms with Crippen LogP contribution in [0.25, 0.3) is 0 Å². The van der Waals surface area contributed by atoms with Crippen LogP contribution < -0.4 is 0 Å². The third-order valence-corrected chi connectivity index (χ3v) is 7.97. The molecule has 0 aromatic heterocycles. The van der Waals surface area contributed by atoms with E-state index >= 15 is 0 Å². The molecule has 0 spiro atoms. The molecular formula is C28H44N4O16. The monoisotopic (exact) mass is 692 g/mol. The van der Waals surface area contributed by atoms with E-state index in [2.05, 4.69) is 0 Å². The zero-order valence-electron chi connectivity index (χ0n) is 26.3. The fourth-order valence-corrected chi connectivity index (χ4v) is 5.87. The summed E-state index contributed by atoms with van der Waals surface area (Å²) in [7, 11) is 0. The molecule has 0 aromatic rings. The first-order valence-electron chi connectivity index (χ1n) is 15.1. The van der Waals surface area contributed by atoms with Crippen LogP contribution in [0.1, 0.15) is 51.4 Å². The zero-order valence-corrected chi connectivity index (χ0v) is 26.3. The summed E-state index contributed by atoms with van der Waals surface area (Å²) in [4.78, 5) is 99.8. The number of hydrogen-bond acceptors (Lipinski definition) is 12. The maximum atomic E-state index is 12.1. The van der Waals surface area contributed by atoms with Gasteiger partial charge in [0.2, 0.25) is 0 Å². The number of carboxylic acid groups (broad SMARTS) is 8. The molecule has 20 nitrogen and oxygen atoms in total. The minimum absolute atomic E-state index is 0.241. The maximum Gasteiger partial charge on any atom is 0.317 e. The van der Waals surface area contributed by atoms with Crippen molar-refractivity contribution in [2.24, 2.45) is 0 Å². The molecule has 1 heterocycles. The van der Waals surface area contributed by atoms with Crippen molar-refractivity contribution in [2.45, 2.75) is 75.5 Å². The molecule has 1 rings (SSSR count). The highest BCUT2D eigenvalue weighted by atomic mass is 16.4. The lowest BCUT2D eigenvalue weighted by Crippen LogP contribution is -2.60. The molecular weight excluding hydrogens is 648 g/mol. The number of carboxylic acids is 8. The van der Waals surface area contributed by atoms with Gasteiger partial charge in [0, 0.05) is 76.0 Å². The van der Waals surface area contributed by atoms with Crippen LogP contribution in [-0.4, -0.2) is 185 Å². The van der Waals surface area contributed by atoms with Crippen LogP contribution in [0.2, 0.25) is 0 Å². The predicted molar refractivity (Wildman–Crippen MR) is 159 cm³/mol. The van der Waals surface area contributed by atoms with Crippen LogP contribution in [0, 0.1) is 0 Å². The number of aliphatic carboxylic acids is 8. The lowest BCUT2D eigenvalue weighted by atomic mass is 9.99. The van der Waals surface area contributed by atoms with Gasteiger partial charge in [0.1, 0.15) is 0 Å². The van der Waals surface area contributed by atoms with Crippen molar-refractivity contribution in [3.8, 4) is 0 Å². The molecule has 1 saturated heterocycles. The summed E-state index contributed by atoms with van der Waals surface area (Å²) in [6.07, 6.45) is -3.01. The van der Waals surface area contributed by atoms with Crippen molar-refractivity contribution in [3.05, 3.63) is 0 Å². The molecule has 20 heteroatoms. The second-order valence-electron chi connectivity index (χ2n) is 11.6. The van der Waals surface area contributed by atoms with Crippen LogP contribution in [-0.2, 0) is 38.4 Å². The molecule has 1 fully saturated rings. The molecule has 0 aliphatic carbocycles. The number of rotatable bonds is 20. The topological polar surface area (TPSA) is 311 Å². The van der Waals surface area contributed by atoms with Gasteiger partial charge in [-0.3, -0.25) is 58.0 Å². The highest BCUT2D eigenvalue weighted by molar-refractivity contribution is 5.71. The van der Waals surface area contributed by atoms with E-state index in [0.717, 1.165) is 0 Å². The Hall–Kier alpha value is -4.40. The van der Waals surface area contributed by atoms with Gasteiger partial charge in [-0.05, 0) is 25.7 Å². The van der Waals surface area contributed by atoms with Gasteiger partial charge in [0.05, 0.1) is 26.2 Å². The molecule has 0 unspecified atom stereocenters. The molecule has 1 aliphatic heterocycles. The SMILES string of the molecule is O=C(O)CC[C@H]1CN(CC(=O)O)[C@@H](CCC(=O)O)CN(CC(=O)O)[C@@H](CCC(=O)O)CN(CC(=O)O)[C@@H](CCC(=O)O)CN1CC(=O)O. The molecule has 0 amide bonds. The first kappa shape index (κ1) is 41.6. The van der Waals surface area contributed by atoms with Crippen molar-refractivity contribution in [3.63, 3.8) is 0 Å². The molecule has 0 bridgehead atoms. The molecule has 0 radical (unpaired) electrons. The van der Waals surface area contributed by atoms with Gasteiger partial charge in [0.25, 0.3) is 0 Å². The Morgan fingerprint density at radius 3 is 0.625 bits per heavy atom. The fourth-order valence-electron chi connectivity index (χ4n) is 5.87. The first-order chi connectivity index (χ1) is 22.4. The third kappa shape index (κ3) is 17.0. The van der Waals surface area contributed by atoms with E-state index in [1.54, 1.807) is 0 Å². The van der Waals surface area contributed by atoms with E-state index in [1.165, 1.54) is 19.6 Å². The van der Waals surface area contributed by atoms with Crippen LogP contribution >= 0.6 is 0 Å². The normalized spacial score (nSPS) is 22.2. The Morgan fingerprint density at radius 2 is 0.500 bits per heavy atom. The summed E-state index contributed by atoms with van der Waals surface area (Å²) in [6, 6.07) is -4.17. The van der Waals surface area contributed by atoms with Crippen molar-refractivity contribution in [1.29, 1.82) is 0 Å². The molecule has 272 valence electrons. The minimum atomic E-state index is -1.39. The summed E-state index contributed by atoms with van der Waals surface area (Å²) in [5, 5.41) is 77.0. The van der Waals surface area contributed by atoms with Gasteiger partial charge in [-0.2, -0.15) is 0 Å². The average Bonchev–Trinajstić information content (AvgIpc) is 2.93. The minimum Gasteiger partial charge on any atom is -0.481 e. The Bertz CT molecular complexity index is 990. The number of carbonyl (C=O) groups is 8. The maximum absolute atomic E-state index is 12.1. The Labute approximate surface area is 274 Å². The molecule has 0 saturated carbocycles. The van der Waals surface area contributed by atoms with Crippen LogP contribution in [0.15, 0.2) is 0 Å². The largest absolute Gasteiger partial charge is 0.481 e. The highest BCUT2D eigenvalue weighted by Crippen LogP contribution is 2.23. The summed E-state index contributed by atoms with van der Waals surface area (Å²) < 4.78 is 0. The Kier molecular flexibility index (Phi) is 18.0. The van der Waals surface area contributed by atoms with Crippen molar-refractivity contribution >= 4 is 47.8 Å². The van der Waals surface area contributed by atoms with Gasteiger partial charge in [0.15, 0.2) is 0 Å². The van der Waals surface area contributed by atoms with E-state index < -0.39 is 124 Å². The smallest absolute Gasteiger partial charge is 0.317 e. The van der Waals surface area contributed by atoms with Crippen LogP contribution in [0.5, 0.6) is 0 Å². The van der Waals surface area contributed by atoms with Gasteiger partial charge < -0.3 is 40.9 Å². The van der Waals surface area contributed by atoms with Gasteiger partial charge in [-0.1, -0.05) is 0 Å². The van der Waals surface area contributed by atoms with Gasteiger partial charge >= 0.3 is 47.8 Å². The lowest BCUT2D eigenvalue weighted by Gasteiger charge is -2.45. The van der Waals surface area contributed by atoms with Crippen molar-refractivity contribution in [1.82, 2.24) is 19.6 Å². The molecule has 48 heavy (non-hydrogen) atoms. The standard InChI is InChI=1S/C28H44N4O16/c33-21(34)5-1-17-9-30(14-26(43)44)19(3-7-23(37)38)11-32(16-28(47)48)20(4-8-24(39)40)12-31(15-27(45)46)18(2-6-22(35)36)10-29(17)13-25(41)42/h17-20H,1-16H2,(H,33,34)(H,35,36)(H,37,38)(H,39,40)(H,41,42)(H,43,44)(H,45,46)(H,47,48)/t17-,18-,19-,20-/m0/s1. The number of hydrogen-bond donors (Lipinski definition) is 8. The molecule has 8 N–H and O–H groups in total. The zero-order chi connectivity index (χ0) is 36.6. The lowest BCUT2D eigenvalue weighted by molar-refractivity contribution is -0.145. The number of nitrogens with zero attached hydrogens (tertiary/aromatic N) is 4. The van der Waals surface area contributed by atoms with E-state index in [4.69, 9.17) is 0 Å². The molecule has 1 aliphatic rings. The molecule has 4 atom stereocenters. The van der Waals surface area contributed by atoms with Crippen LogP contribution in [0.4, 0.5) is 0 Å². The Balaban J connectivity index is 4.06. The highest BCUT2D eigenvalue weighted by Gasteiger charge is 2.37. The second kappa shape index (κ2) is 20.8. The summed E-state index contributed by atoms with van der Waals surface area (Å²) in [5.41, 5.74) is 0. The first-order valence-corrected chi connectivity index (χ1v) is 15.1. The fraction of sp³-hybridized carbons (Fsp3) is 0.714. The second-order valence-corrected chi connectivity index (χ2v) is 11.6. The van der Waals surface area contributed by atoms with E-state index in [9.17, 15) is 79.2 Å². The third-order valence-electron chi connectivity index (χ3n) is 7.97. The quantitative estimate of drug-likeness (QED) is 0.0718. The van der Waals surface area contributed by atoms with E-state index in [0.29, 0.717) is 0 Å². The average molecular weight is 693 g/mol. The molecule has 0 aromatic carbocycles.